The summed E-state index contributed by atoms with van der Waals surface area (Å²) in [4.78, 5) is 25.0. The molecule has 3 rings (SSSR count). The summed E-state index contributed by atoms with van der Waals surface area (Å²) in [5.41, 5.74) is 1.86. The number of allylic oxidation sites excluding steroid dienone is 2. The number of halogens is 1. The van der Waals surface area contributed by atoms with Gasteiger partial charge in [-0.2, -0.15) is 0 Å². The smallest absolute Gasteiger partial charge is 0.211 e. The van der Waals surface area contributed by atoms with Crippen LogP contribution in [0.3, 0.4) is 0 Å². The lowest BCUT2D eigenvalue weighted by atomic mass is 9.92. The van der Waals surface area contributed by atoms with E-state index in [-0.39, 0.29) is 22.3 Å². The number of fused-ring (bicyclic) bond motifs is 1. The summed E-state index contributed by atoms with van der Waals surface area (Å²) in [6, 6.07) is 12.3. The molecular weight excluding hydrogens is 354 g/mol. The zero-order chi connectivity index (χ0) is 18.7. The van der Waals surface area contributed by atoms with E-state index in [9.17, 15) is 9.59 Å². The first-order chi connectivity index (χ1) is 12.6. The Hall–Kier alpha value is -2.79. The number of rotatable bonds is 6. The van der Waals surface area contributed by atoms with Crippen LogP contribution in [0.5, 0.6) is 11.5 Å². The summed E-state index contributed by atoms with van der Waals surface area (Å²) in [6.45, 7) is 0.447. The van der Waals surface area contributed by atoms with Gasteiger partial charge in [0, 0.05) is 17.7 Å². The molecule has 0 aromatic heterocycles. The topological polar surface area (TPSA) is 64.6 Å². The van der Waals surface area contributed by atoms with Crippen LogP contribution in [0.25, 0.3) is 0 Å². The van der Waals surface area contributed by atoms with Gasteiger partial charge in [0.25, 0.3) is 0 Å². The van der Waals surface area contributed by atoms with Gasteiger partial charge in [0.15, 0.2) is 11.5 Å². The molecule has 0 aliphatic heterocycles. The van der Waals surface area contributed by atoms with Crippen LogP contribution in [0.15, 0.2) is 53.2 Å². The number of methoxy groups -OCH3 is 2. The van der Waals surface area contributed by atoms with Crippen LogP contribution in [-0.2, 0) is 6.42 Å². The average molecular weight is 372 g/mol. The Morgan fingerprint density at radius 3 is 2.23 bits per heavy atom. The second kappa shape index (κ2) is 7.62. The number of ether oxygens (including phenoxy) is 2. The van der Waals surface area contributed by atoms with Gasteiger partial charge < -0.3 is 14.8 Å². The molecule has 0 bridgehead atoms. The average Bonchev–Trinajstić information content (AvgIpc) is 2.68. The quantitative estimate of drug-likeness (QED) is 0.843. The molecule has 0 radical (unpaired) electrons. The van der Waals surface area contributed by atoms with E-state index in [4.69, 9.17) is 21.1 Å². The first-order valence-electron chi connectivity index (χ1n) is 8.09. The molecule has 0 atom stereocenters. The van der Waals surface area contributed by atoms with E-state index in [1.807, 2.05) is 18.2 Å². The lowest BCUT2D eigenvalue weighted by molar-refractivity contribution is 0.0975. The molecule has 1 N–H and O–H groups in total. The fourth-order valence-corrected chi connectivity index (χ4v) is 3.13. The summed E-state index contributed by atoms with van der Waals surface area (Å²) in [5, 5.41) is 2.94. The Labute approximate surface area is 156 Å². The van der Waals surface area contributed by atoms with Gasteiger partial charge in [-0.1, -0.05) is 41.9 Å². The highest BCUT2D eigenvalue weighted by Crippen LogP contribution is 2.29. The molecule has 0 saturated carbocycles. The van der Waals surface area contributed by atoms with Crippen molar-refractivity contribution in [1.82, 2.24) is 5.32 Å². The maximum atomic E-state index is 12.6. The highest BCUT2D eigenvalue weighted by molar-refractivity contribution is 6.49. The molecule has 0 heterocycles. The van der Waals surface area contributed by atoms with Crippen LogP contribution in [0, 0.1) is 0 Å². The number of carbonyl (C=O) groups is 2. The molecular formula is C20H18ClNO4. The van der Waals surface area contributed by atoms with Crippen molar-refractivity contribution in [2.24, 2.45) is 0 Å². The number of carbonyl (C=O) groups excluding carboxylic acids is 2. The third kappa shape index (κ3) is 3.30. The number of hydrogen-bond donors (Lipinski definition) is 1. The number of nitrogens with one attached hydrogen (secondary N) is 1. The molecule has 0 unspecified atom stereocenters. The third-order valence-corrected chi connectivity index (χ3v) is 4.59. The van der Waals surface area contributed by atoms with Crippen molar-refractivity contribution >= 4 is 23.2 Å². The Balaban J connectivity index is 1.73. The summed E-state index contributed by atoms with van der Waals surface area (Å²) < 4.78 is 10.5. The van der Waals surface area contributed by atoms with Gasteiger partial charge in [-0.15, -0.1) is 0 Å². The van der Waals surface area contributed by atoms with Crippen molar-refractivity contribution in [3.8, 4) is 11.5 Å². The normalized spacial score (nSPS) is 13.5. The van der Waals surface area contributed by atoms with Crippen molar-refractivity contribution in [3.05, 3.63) is 69.9 Å². The molecule has 0 spiro atoms. The molecule has 26 heavy (non-hydrogen) atoms. The monoisotopic (exact) mass is 371 g/mol. The van der Waals surface area contributed by atoms with Crippen LogP contribution in [0.1, 0.15) is 26.3 Å². The second-order valence-electron chi connectivity index (χ2n) is 5.76. The molecule has 6 heteroatoms. The predicted molar refractivity (Wildman–Crippen MR) is 99.2 cm³/mol. The number of ketones is 2. The lowest BCUT2D eigenvalue weighted by Gasteiger charge is -2.19. The Bertz CT molecular complexity index is 904. The zero-order valence-electron chi connectivity index (χ0n) is 14.5. The van der Waals surface area contributed by atoms with E-state index in [1.165, 1.54) is 0 Å². The SMILES string of the molecule is COc1ccc(CCNC2=C(Cl)C(=O)c3ccccc3C2=O)cc1OC. The first kappa shape index (κ1) is 18.0. The zero-order valence-corrected chi connectivity index (χ0v) is 15.2. The van der Waals surface area contributed by atoms with E-state index in [0.717, 1.165) is 5.56 Å². The first-order valence-corrected chi connectivity index (χ1v) is 8.47. The summed E-state index contributed by atoms with van der Waals surface area (Å²) >= 11 is 6.13. The predicted octanol–water partition coefficient (Wildman–Crippen LogP) is 3.37. The molecule has 5 nitrogen and oxygen atoms in total. The summed E-state index contributed by atoms with van der Waals surface area (Å²) in [6.07, 6.45) is 0.622. The van der Waals surface area contributed by atoms with Gasteiger partial charge in [0.05, 0.1) is 14.2 Å². The largest absolute Gasteiger partial charge is 0.493 e. The minimum atomic E-state index is -0.338. The minimum Gasteiger partial charge on any atom is -0.493 e. The van der Waals surface area contributed by atoms with Crippen molar-refractivity contribution < 1.29 is 19.1 Å². The molecule has 2 aromatic rings. The lowest BCUT2D eigenvalue weighted by Crippen LogP contribution is -2.30. The summed E-state index contributed by atoms with van der Waals surface area (Å²) in [5.74, 6) is 0.688. The van der Waals surface area contributed by atoms with E-state index in [1.54, 1.807) is 38.5 Å². The minimum absolute atomic E-state index is 0.0685. The van der Waals surface area contributed by atoms with Crippen molar-refractivity contribution in [2.45, 2.75) is 6.42 Å². The van der Waals surface area contributed by atoms with E-state index in [0.29, 0.717) is 35.6 Å². The van der Waals surface area contributed by atoms with Gasteiger partial charge in [0.2, 0.25) is 11.6 Å². The van der Waals surface area contributed by atoms with Crippen LogP contribution in [0.2, 0.25) is 0 Å². The standard InChI is InChI=1S/C20H18ClNO4/c1-25-15-8-7-12(11-16(15)26-2)9-10-22-18-17(21)19(23)13-5-3-4-6-14(13)20(18)24/h3-8,11,22H,9-10H2,1-2H3. The van der Waals surface area contributed by atoms with Gasteiger partial charge in [0.1, 0.15) is 10.7 Å². The highest BCUT2D eigenvalue weighted by Gasteiger charge is 2.30. The fraction of sp³-hybridized carbons (Fsp3) is 0.200. The maximum absolute atomic E-state index is 12.6. The number of Topliss-reactive ketones (excluding diaryl/α,β-unsaturated/α-hetero) is 2. The van der Waals surface area contributed by atoms with E-state index < -0.39 is 0 Å². The molecule has 1 aliphatic rings. The maximum Gasteiger partial charge on any atom is 0.211 e. The van der Waals surface area contributed by atoms with Crippen molar-refractivity contribution in [3.63, 3.8) is 0 Å². The van der Waals surface area contributed by atoms with Gasteiger partial charge in [-0.3, -0.25) is 9.59 Å². The molecule has 0 fully saturated rings. The van der Waals surface area contributed by atoms with Crippen LogP contribution in [-0.4, -0.2) is 32.3 Å². The van der Waals surface area contributed by atoms with E-state index in [2.05, 4.69) is 5.32 Å². The van der Waals surface area contributed by atoms with Gasteiger partial charge in [-0.25, -0.2) is 0 Å². The Morgan fingerprint density at radius 1 is 0.923 bits per heavy atom. The van der Waals surface area contributed by atoms with Gasteiger partial charge in [-0.05, 0) is 24.1 Å². The van der Waals surface area contributed by atoms with Crippen LogP contribution in [0.4, 0.5) is 0 Å². The molecule has 1 aliphatic carbocycles. The third-order valence-electron chi connectivity index (χ3n) is 4.23. The van der Waals surface area contributed by atoms with Crippen molar-refractivity contribution in [1.29, 1.82) is 0 Å². The molecule has 2 aromatic carbocycles. The number of hydrogen-bond acceptors (Lipinski definition) is 5. The Kier molecular flexibility index (Phi) is 5.28. The number of benzene rings is 2. The van der Waals surface area contributed by atoms with Gasteiger partial charge >= 0.3 is 0 Å². The van der Waals surface area contributed by atoms with Crippen LogP contribution < -0.4 is 14.8 Å². The van der Waals surface area contributed by atoms with Crippen molar-refractivity contribution in [2.75, 3.05) is 20.8 Å². The Morgan fingerprint density at radius 2 is 1.58 bits per heavy atom. The second-order valence-corrected chi connectivity index (χ2v) is 6.14. The molecule has 0 saturated heterocycles. The van der Waals surface area contributed by atoms with E-state index >= 15 is 0 Å². The highest BCUT2D eigenvalue weighted by atomic mass is 35.5. The molecule has 0 amide bonds. The fourth-order valence-electron chi connectivity index (χ4n) is 2.87. The molecule has 134 valence electrons. The van der Waals surface area contributed by atoms with Crippen LogP contribution >= 0.6 is 11.6 Å². The summed E-state index contributed by atoms with van der Waals surface area (Å²) in [7, 11) is 3.16.